The normalized spacial score (nSPS) is 9.53. The number of benzene rings is 1. The lowest BCUT2D eigenvalue weighted by atomic mass is 10.0. The third kappa shape index (κ3) is 3.88. The van der Waals surface area contributed by atoms with E-state index in [9.17, 15) is 4.79 Å². The highest BCUT2D eigenvalue weighted by Gasteiger charge is 2.06. The van der Waals surface area contributed by atoms with Gasteiger partial charge < -0.3 is 4.74 Å². The first-order chi connectivity index (χ1) is 8.22. The van der Waals surface area contributed by atoms with E-state index in [1.165, 1.54) is 7.11 Å². The zero-order chi connectivity index (χ0) is 12.7. The molecule has 90 valence electrons. The summed E-state index contributed by atoms with van der Waals surface area (Å²) in [4.78, 5) is 11.3. The molecule has 0 atom stereocenters. The van der Waals surface area contributed by atoms with Gasteiger partial charge in [-0.3, -0.25) is 0 Å². The standard InChI is InChI=1S/C14H15BrO2/c1-3-11(5-4-10-15)12-6-8-13(9-7-12)14(16)17-2/h6-9H,1,4-5,10H2,2H3. The molecule has 0 spiro atoms. The fourth-order valence-corrected chi connectivity index (χ4v) is 1.78. The van der Waals surface area contributed by atoms with E-state index in [1.807, 2.05) is 12.1 Å². The van der Waals surface area contributed by atoms with Crippen LogP contribution >= 0.6 is 15.9 Å². The fourth-order valence-electron chi connectivity index (χ4n) is 1.50. The summed E-state index contributed by atoms with van der Waals surface area (Å²) in [6, 6.07) is 7.31. The maximum atomic E-state index is 11.3. The predicted molar refractivity (Wildman–Crippen MR) is 73.4 cm³/mol. The molecule has 1 rings (SSSR count). The van der Waals surface area contributed by atoms with Crippen LogP contribution in [-0.2, 0) is 4.74 Å². The van der Waals surface area contributed by atoms with E-state index in [2.05, 4.69) is 33.0 Å². The number of allylic oxidation sites excluding steroid dienone is 1. The third-order valence-electron chi connectivity index (χ3n) is 2.43. The van der Waals surface area contributed by atoms with Gasteiger partial charge in [-0.1, -0.05) is 34.6 Å². The van der Waals surface area contributed by atoms with E-state index in [-0.39, 0.29) is 5.97 Å². The molecule has 0 bridgehead atoms. The van der Waals surface area contributed by atoms with Crippen molar-refractivity contribution in [3.63, 3.8) is 0 Å². The molecular formula is C14H15BrO2. The van der Waals surface area contributed by atoms with Gasteiger partial charge in [-0.15, -0.1) is 5.73 Å². The van der Waals surface area contributed by atoms with E-state index >= 15 is 0 Å². The fraction of sp³-hybridized carbons (Fsp3) is 0.286. The summed E-state index contributed by atoms with van der Waals surface area (Å²) in [5.74, 6) is -0.318. The van der Waals surface area contributed by atoms with Crippen LogP contribution in [0.2, 0.25) is 0 Å². The van der Waals surface area contributed by atoms with Gasteiger partial charge in [0.15, 0.2) is 0 Å². The molecule has 0 N–H and O–H groups in total. The minimum Gasteiger partial charge on any atom is -0.465 e. The number of ether oxygens (including phenoxy) is 1. The summed E-state index contributed by atoms with van der Waals surface area (Å²) < 4.78 is 4.65. The lowest BCUT2D eigenvalue weighted by Crippen LogP contribution is -2.00. The van der Waals surface area contributed by atoms with Crippen LogP contribution in [0.1, 0.15) is 28.8 Å². The van der Waals surface area contributed by atoms with Gasteiger partial charge in [0.2, 0.25) is 0 Å². The molecular weight excluding hydrogens is 280 g/mol. The Labute approximate surface area is 110 Å². The first-order valence-corrected chi connectivity index (χ1v) is 6.48. The lowest BCUT2D eigenvalue weighted by molar-refractivity contribution is 0.0601. The molecule has 0 fully saturated rings. The van der Waals surface area contributed by atoms with Gasteiger partial charge in [-0.05, 0) is 30.5 Å². The summed E-state index contributed by atoms with van der Waals surface area (Å²) in [7, 11) is 1.38. The Kier molecular flexibility index (Phi) is 5.75. The van der Waals surface area contributed by atoms with Gasteiger partial charge >= 0.3 is 5.97 Å². The zero-order valence-corrected chi connectivity index (χ0v) is 11.4. The van der Waals surface area contributed by atoms with Gasteiger partial charge in [0.05, 0.1) is 12.7 Å². The van der Waals surface area contributed by atoms with Gasteiger partial charge in [0.1, 0.15) is 0 Å². The second-order valence-electron chi connectivity index (χ2n) is 3.52. The molecule has 0 saturated heterocycles. The van der Waals surface area contributed by atoms with Crippen LogP contribution in [0.3, 0.4) is 0 Å². The quantitative estimate of drug-likeness (QED) is 0.469. The Morgan fingerprint density at radius 2 is 1.94 bits per heavy atom. The molecule has 17 heavy (non-hydrogen) atoms. The lowest BCUT2D eigenvalue weighted by Gasteiger charge is -2.05. The minimum absolute atomic E-state index is 0.318. The molecule has 0 radical (unpaired) electrons. The van der Waals surface area contributed by atoms with E-state index in [1.54, 1.807) is 12.1 Å². The van der Waals surface area contributed by atoms with Crippen molar-refractivity contribution in [1.29, 1.82) is 0 Å². The Bertz CT molecular complexity index is 428. The Hall–Kier alpha value is -1.31. The topological polar surface area (TPSA) is 26.3 Å². The summed E-state index contributed by atoms with van der Waals surface area (Å²) >= 11 is 3.40. The number of carbonyl (C=O) groups excluding carboxylic acids is 1. The monoisotopic (exact) mass is 294 g/mol. The summed E-state index contributed by atoms with van der Waals surface area (Å²) in [6.07, 6.45) is 1.96. The SMILES string of the molecule is C=C=C(CCCBr)c1ccc(C(=O)OC)cc1. The van der Waals surface area contributed by atoms with E-state index in [4.69, 9.17) is 0 Å². The maximum absolute atomic E-state index is 11.3. The third-order valence-corrected chi connectivity index (χ3v) is 2.99. The largest absolute Gasteiger partial charge is 0.465 e. The van der Waals surface area contributed by atoms with Crippen molar-refractivity contribution in [2.24, 2.45) is 0 Å². The van der Waals surface area contributed by atoms with Gasteiger partial charge in [0.25, 0.3) is 0 Å². The average molecular weight is 295 g/mol. The number of esters is 1. The van der Waals surface area contributed by atoms with Crippen molar-refractivity contribution < 1.29 is 9.53 Å². The van der Waals surface area contributed by atoms with Crippen LogP contribution < -0.4 is 0 Å². The van der Waals surface area contributed by atoms with Gasteiger partial charge in [-0.25, -0.2) is 4.79 Å². The van der Waals surface area contributed by atoms with Gasteiger partial charge in [0, 0.05) is 10.9 Å². The van der Waals surface area contributed by atoms with Crippen molar-refractivity contribution in [2.45, 2.75) is 12.8 Å². The first kappa shape index (κ1) is 13.8. The number of alkyl halides is 1. The Morgan fingerprint density at radius 1 is 1.35 bits per heavy atom. The number of hydrogen-bond acceptors (Lipinski definition) is 2. The molecule has 3 heteroatoms. The molecule has 1 aromatic rings. The maximum Gasteiger partial charge on any atom is 0.337 e. The van der Waals surface area contributed by atoms with Crippen LogP contribution in [0, 0.1) is 0 Å². The van der Waals surface area contributed by atoms with Crippen LogP contribution in [0.25, 0.3) is 5.57 Å². The van der Waals surface area contributed by atoms with Crippen LogP contribution in [-0.4, -0.2) is 18.4 Å². The highest BCUT2D eigenvalue weighted by Crippen LogP contribution is 2.19. The highest BCUT2D eigenvalue weighted by atomic mass is 79.9. The second-order valence-corrected chi connectivity index (χ2v) is 4.31. The van der Waals surface area contributed by atoms with Crippen molar-refractivity contribution in [3.8, 4) is 0 Å². The van der Waals surface area contributed by atoms with Crippen LogP contribution in [0.15, 0.2) is 36.6 Å². The molecule has 1 aromatic carbocycles. The smallest absolute Gasteiger partial charge is 0.337 e. The molecule has 0 aliphatic rings. The summed E-state index contributed by atoms with van der Waals surface area (Å²) in [6.45, 7) is 3.70. The van der Waals surface area contributed by atoms with E-state index < -0.39 is 0 Å². The number of carbonyl (C=O) groups is 1. The van der Waals surface area contributed by atoms with Crippen molar-refractivity contribution in [1.82, 2.24) is 0 Å². The van der Waals surface area contributed by atoms with Gasteiger partial charge in [-0.2, -0.15) is 0 Å². The molecule has 0 aliphatic carbocycles. The number of rotatable bonds is 5. The molecule has 2 nitrogen and oxygen atoms in total. The first-order valence-electron chi connectivity index (χ1n) is 5.36. The number of methoxy groups -OCH3 is 1. The summed E-state index contributed by atoms with van der Waals surface area (Å²) in [5, 5.41) is 0.957. The molecule has 0 heterocycles. The average Bonchev–Trinajstić information content (AvgIpc) is 2.39. The van der Waals surface area contributed by atoms with E-state index in [0.717, 1.165) is 29.3 Å². The van der Waals surface area contributed by atoms with Crippen LogP contribution in [0.4, 0.5) is 0 Å². The van der Waals surface area contributed by atoms with Crippen molar-refractivity contribution >= 4 is 27.5 Å². The van der Waals surface area contributed by atoms with Crippen LogP contribution in [0.5, 0.6) is 0 Å². The van der Waals surface area contributed by atoms with Crippen molar-refractivity contribution in [3.05, 3.63) is 47.7 Å². The highest BCUT2D eigenvalue weighted by molar-refractivity contribution is 9.09. The predicted octanol–water partition coefficient (Wildman–Crippen LogP) is 3.82. The molecule has 0 saturated carbocycles. The van der Waals surface area contributed by atoms with E-state index in [0.29, 0.717) is 5.56 Å². The molecule has 0 unspecified atom stereocenters. The molecule has 0 aliphatic heterocycles. The minimum atomic E-state index is -0.318. The van der Waals surface area contributed by atoms with Crippen molar-refractivity contribution in [2.75, 3.05) is 12.4 Å². The summed E-state index contributed by atoms with van der Waals surface area (Å²) in [5.41, 5.74) is 5.62. The molecule has 0 aromatic heterocycles. The zero-order valence-electron chi connectivity index (χ0n) is 9.83. The second kappa shape index (κ2) is 7.10. The Balaban J connectivity index is 2.86. The molecule has 0 amide bonds. The number of halogens is 1. The number of hydrogen-bond donors (Lipinski definition) is 0. The Morgan fingerprint density at radius 3 is 2.41 bits per heavy atom.